The fourth-order valence-electron chi connectivity index (χ4n) is 1.62. The van der Waals surface area contributed by atoms with Gasteiger partial charge in [-0.25, -0.2) is 14.4 Å². The van der Waals surface area contributed by atoms with Crippen LogP contribution in [0.15, 0.2) is 35.1 Å². The van der Waals surface area contributed by atoms with Crippen molar-refractivity contribution in [3.63, 3.8) is 0 Å². The van der Waals surface area contributed by atoms with Crippen molar-refractivity contribution >= 4 is 43.2 Å². The SMILES string of the molecule is Nc1ccc2nc(-c3cnc(Br)cc3F)sc2c1. The van der Waals surface area contributed by atoms with Crippen molar-refractivity contribution in [3.05, 3.63) is 40.9 Å². The second-order valence-electron chi connectivity index (χ2n) is 3.73. The number of hydrogen-bond acceptors (Lipinski definition) is 4. The molecule has 2 aromatic heterocycles. The van der Waals surface area contributed by atoms with Crippen LogP contribution in [-0.4, -0.2) is 9.97 Å². The summed E-state index contributed by atoms with van der Waals surface area (Å²) < 4.78 is 15.2. The van der Waals surface area contributed by atoms with E-state index in [0.717, 1.165) is 10.2 Å². The third kappa shape index (κ3) is 1.97. The van der Waals surface area contributed by atoms with Crippen LogP contribution in [0.5, 0.6) is 0 Å². The van der Waals surface area contributed by atoms with Crippen LogP contribution >= 0.6 is 27.3 Å². The van der Waals surface area contributed by atoms with E-state index in [2.05, 4.69) is 25.9 Å². The maximum atomic E-state index is 13.8. The third-order valence-electron chi connectivity index (χ3n) is 2.46. The van der Waals surface area contributed by atoms with Crippen molar-refractivity contribution in [3.8, 4) is 10.6 Å². The molecule has 0 radical (unpaired) electrons. The molecule has 0 saturated carbocycles. The largest absolute Gasteiger partial charge is 0.399 e. The molecule has 0 bridgehead atoms. The second-order valence-corrected chi connectivity index (χ2v) is 5.58. The van der Waals surface area contributed by atoms with Crippen LogP contribution in [0.3, 0.4) is 0 Å². The van der Waals surface area contributed by atoms with Crippen LogP contribution in [0.1, 0.15) is 0 Å². The van der Waals surface area contributed by atoms with Crippen LogP contribution < -0.4 is 5.73 Å². The van der Waals surface area contributed by atoms with Crippen molar-refractivity contribution < 1.29 is 4.39 Å². The van der Waals surface area contributed by atoms with Crippen LogP contribution in [0.4, 0.5) is 10.1 Å². The van der Waals surface area contributed by atoms with Gasteiger partial charge in [0.05, 0.1) is 15.8 Å². The molecule has 3 nitrogen and oxygen atoms in total. The maximum Gasteiger partial charge on any atom is 0.137 e. The van der Waals surface area contributed by atoms with Gasteiger partial charge in [0.2, 0.25) is 0 Å². The van der Waals surface area contributed by atoms with Gasteiger partial charge in [0.15, 0.2) is 0 Å². The van der Waals surface area contributed by atoms with Gasteiger partial charge in [-0.15, -0.1) is 11.3 Å². The Morgan fingerprint density at radius 2 is 2.11 bits per heavy atom. The zero-order chi connectivity index (χ0) is 12.7. The Balaban J connectivity index is 2.19. The molecule has 0 amide bonds. The molecule has 2 heterocycles. The van der Waals surface area contributed by atoms with E-state index in [1.165, 1.54) is 23.6 Å². The zero-order valence-electron chi connectivity index (χ0n) is 9.02. The van der Waals surface area contributed by atoms with Gasteiger partial charge in [0, 0.05) is 18.0 Å². The lowest BCUT2D eigenvalue weighted by Gasteiger charge is -1.97. The molecule has 0 aliphatic rings. The summed E-state index contributed by atoms with van der Waals surface area (Å²) in [4.78, 5) is 8.40. The number of nitrogens with zero attached hydrogens (tertiary/aromatic N) is 2. The second kappa shape index (κ2) is 4.29. The number of fused-ring (bicyclic) bond motifs is 1. The van der Waals surface area contributed by atoms with Crippen LogP contribution in [-0.2, 0) is 0 Å². The van der Waals surface area contributed by atoms with Crippen molar-refractivity contribution in [2.24, 2.45) is 0 Å². The standard InChI is InChI=1S/C12H7BrFN3S/c13-11-4-8(14)7(5-16-11)12-17-9-2-1-6(15)3-10(9)18-12/h1-5H,15H2. The van der Waals surface area contributed by atoms with Gasteiger partial charge in [-0.3, -0.25) is 0 Å². The lowest BCUT2D eigenvalue weighted by atomic mass is 10.3. The predicted octanol–water partition coefficient (Wildman–Crippen LogP) is 3.84. The number of anilines is 1. The highest BCUT2D eigenvalue weighted by Crippen LogP contribution is 2.32. The highest BCUT2D eigenvalue weighted by Gasteiger charge is 2.11. The van der Waals surface area contributed by atoms with Gasteiger partial charge in [-0.05, 0) is 34.1 Å². The first-order valence-electron chi connectivity index (χ1n) is 5.11. The van der Waals surface area contributed by atoms with Gasteiger partial charge in [-0.1, -0.05) is 0 Å². The molecule has 18 heavy (non-hydrogen) atoms. The molecule has 1 aromatic carbocycles. The van der Waals surface area contributed by atoms with E-state index < -0.39 is 0 Å². The van der Waals surface area contributed by atoms with Gasteiger partial charge < -0.3 is 5.73 Å². The topological polar surface area (TPSA) is 51.8 Å². The average molecular weight is 324 g/mol. The number of nitrogen functional groups attached to an aromatic ring is 1. The summed E-state index contributed by atoms with van der Waals surface area (Å²) in [5, 5.41) is 0.605. The van der Waals surface area contributed by atoms with E-state index in [1.54, 1.807) is 6.07 Å². The first-order chi connectivity index (χ1) is 8.63. The Hall–Kier alpha value is -1.53. The highest BCUT2D eigenvalue weighted by molar-refractivity contribution is 9.10. The van der Waals surface area contributed by atoms with E-state index in [1.807, 2.05) is 12.1 Å². The number of halogens is 2. The normalized spacial score (nSPS) is 11.0. The number of benzene rings is 1. The Labute approximate surface area is 115 Å². The molecule has 2 N–H and O–H groups in total. The number of thiazole rings is 1. The number of nitrogens with two attached hydrogens (primary N) is 1. The minimum absolute atomic E-state index is 0.344. The molecule has 0 unspecified atom stereocenters. The van der Waals surface area contributed by atoms with Crippen molar-refractivity contribution in [2.45, 2.75) is 0 Å². The van der Waals surface area contributed by atoms with Crippen LogP contribution in [0.2, 0.25) is 0 Å². The molecule has 0 aliphatic heterocycles. The molecular weight excluding hydrogens is 317 g/mol. The molecule has 0 aliphatic carbocycles. The summed E-state index contributed by atoms with van der Waals surface area (Å²) in [7, 11) is 0. The first kappa shape index (κ1) is 11.6. The molecule has 3 rings (SSSR count). The number of pyridine rings is 1. The number of aromatic nitrogens is 2. The van der Waals surface area contributed by atoms with Gasteiger partial charge in [0.1, 0.15) is 15.4 Å². The van der Waals surface area contributed by atoms with Crippen molar-refractivity contribution in [1.29, 1.82) is 0 Å². The quantitative estimate of drug-likeness (QED) is 0.546. The molecule has 0 spiro atoms. The molecular formula is C12H7BrFN3S. The van der Waals surface area contributed by atoms with E-state index in [-0.39, 0.29) is 5.82 Å². The minimum Gasteiger partial charge on any atom is -0.399 e. The Kier molecular flexibility index (Phi) is 2.76. The fourth-order valence-corrected chi connectivity index (χ4v) is 2.95. The van der Waals surface area contributed by atoms with Crippen molar-refractivity contribution in [1.82, 2.24) is 9.97 Å². The van der Waals surface area contributed by atoms with E-state index in [4.69, 9.17) is 5.73 Å². The molecule has 0 atom stereocenters. The molecule has 0 fully saturated rings. The van der Waals surface area contributed by atoms with E-state index >= 15 is 0 Å². The minimum atomic E-state index is -0.344. The summed E-state index contributed by atoms with van der Waals surface area (Å²) in [5.41, 5.74) is 7.59. The van der Waals surface area contributed by atoms with Crippen LogP contribution in [0.25, 0.3) is 20.8 Å². The van der Waals surface area contributed by atoms with Gasteiger partial charge in [0.25, 0.3) is 0 Å². The Bertz CT molecular complexity index is 741. The lowest BCUT2D eigenvalue weighted by molar-refractivity contribution is 0.628. The van der Waals surface area contributed by atoms with Crippen LogP contribution in [0, 0.1) is 5.82 Å². The highest BCUT2D eigenvalue weighted by atomic mass is 79.9. The molecule has 90 valence electrons. The summed E-state index contributed by atoms with van der Waals surface area (Å²) in [6, 6.07) is 6.77. The summed E-state index contributed by atoms with van der Waals surface area (Å²) >= 11 is 4.53. The Morgan fingerprint density at radius 1 is 1.28 bits per heavy atom. The zero-order valence-corrected chi connectivity index (χ0v) is 11.4. The van der Waals surface area contributed by atoms with Gasteiger partial charge in [-0.2, -0.15) is 0 Å². The lowest BCUT2D eigenvalue weighted by Crippen LogP contribution is -1.86. The monoisotopic (exact) mass is 323 g/mol. The maximum absolute atomic E-state index is 13.8. The number of rotatable bonds is 1. The average Bonchev–Trinajstić information content (AvgIpc) is 2.71. The third-order valence-corrected chi connectivity index (χ3v) is 3.95. The first-order valence-corrected chi connectivity index (χ1v) is 6.72. The van der Waals surface area contributed by atoms with E-state index in [9.17, 15) is 4.39 Å². The molecule has 3 aromatic rings. The van der Waals surface area contributed by atoms with Crippen molar-refractivity contribution in [2.75, 3.05) is 5.73 Å². The number of hydrogen-bond donors (Lipinski definition) is 1. The van der Waals surface area contributed by atoms with E-state index in [0.29, 0.717) is 20.9 Å². The Morgan fingerprint density at radius 3 is 2.89 bits per heavy atom. The smallest absolute Gasteiger partial charge is 0.137 e. The fraction of sp³-hybridized carbons (Fsp3) is 0. The predicted molar refractivity (Wildman–Crippen MR) is 74.9 cm³/mol. The molecule has 6 heteroatoms. The summed E-state index contributed by atoms with van der Waals surface area (Å²) in [6.07, 6.45) is 1.47. The summed E-state index contributed by atoms with van der Waals surface area (Å²) in [6.45, 7) is 0. The summed E-state index contributed by atoms with van der Waals surface area (Å²) in [5.74, 6) is -0.344. The van der Waals surface area contributed by atoms with Gasteiger partial charge >= 0.3 is 0 Å². The molecule has 0 saturated heterocycles.